The first-order valence-electron chi connectivity index (χ1n) is 14.7. The van der Waals surface area contributed by atoms with Crippen molar-refractivity contribution >= 4 is 65.7 Å². The van der Waals surface area contributed by atoms with Crippen molar-refractivity contribution in [3.63, 3.8) is 0 Å². The van der Waals surface area contributed by atoms with Gasteiger partial charge in [0.15, 0.2) is 0 Å². The molecule has 1 aliphatic heterocycles. The van der Waals surface area contributed by atoms with E-state index < -0.39 is 0 Å². The second kappa shape index (κ2) is 9.75. The zero-order chi connectivity index (χ0) is 29.0. The van der Waals surface area contributed by atoms with Crippen LogP contribution in [0.3, 0.4) is 0 Å². The zero-order valence-corrected chi connectivity index (χ0v) is 23.6. The van der Waals surface area contributed by atoms with Crippen molar-refractivity contribution in [1.29, 1.82) is 0 Å². The second-order valence-corrected chi connectivity index (χ2v) is 11.1. The van der Waals surface area contributed by atoms with Crippen LogP contribution < -0.4 is 0 Å². The number of hydrogen-bond donors (Lipinski definition) is 2. The van der Waals surface area contributed by atoms with Gasteiger partial charge in [-0.05, 0) is 54.6 Å². The molecule has 3 aromatic carbocycles. The third-order valence-corrected chi connectivity index (χ3v) is 8.30. The van der Waals surface area contributed by atoms with E-state index >= 15 is 0 Å². The van der Waals surface area contributed by atoms with Crippen LogP contribution in [0.2, 0.25) is 0 Å². The summed E-state index contributed by atoms with van der Waals surface area (Å²) in [5.74, 6) is 0. The monoisotopic (exact) mass is 563 g/mol. The number of hydrogen-bond acceptors (Lipinski definition) is 3. The number of nitrogens with zero attached hydrogens (tertiary/aromatic N) is 3. The Morgan fingerprint density at radius 3 is 1.14 bits per heavy atom. The SMILES string of the molecule is c1ccc2c(c1)-c1cc3cccc(cc4[nH]c(cc5cccc(cc6[nH]c(cc-2n1)c1ccccc61)n5)c1ccccc41)n3. The molecule has 2 N–H and O–H groups in total. The van der Waals surface area contributed by atoms with Gasteiger partial charge in [-0.1, -0.05) is 84.9 Å². The number of H-pyrrole nitrogens is 2. The van der Waals surface area contributed by atoms with Crippen LogP contribution in [0.1, 0.15) is 0 Å². The maximum absolute atomic E-state index is 5.13. The molecule has 8 aromatic rings. The summed E-state index contributed by atoms with van der Waals surface area (Å²) < 4.78 is 0. The van der Waals surface area contributed by atoms with Gasteiger partial charge < -0.3 is 9.97 Å². The summed E-state index contributed by atoms with van der Waals surface area (Å²) in [6.07, 6.45) is 0. The van der Waals surface area contributed by atoms with Crippen molar-refractivity contribution in [3.8, 4) is 22.5 Å². The number of aromatic nitrogens is 5. The van der Waals surface area contributed by atoms with Crippen LogP contribution in [-0.2, 0) is 0 Å². The Hall–Kier alpha value is -6.07. The fraction of sp³-hybridized carbons (Fsp3) is 0. The molecule has 0 spiro atoms. The highest BCUT2D eigenvalue weighted by Crippen LogP contribution is 2.36. The minimum atomic E-state index is 0.855. The van der Waals surface area contributed by atoms with Gasteiger partial charge in [0.05, 0.1) is 33.5 Å². The van der Waals surface area contributed by atoms with Crippen LogP contribution in [0.25, 0.3) is 88.2 Å². The Kier molecular flexibility index (Phi) is 5.43. The van der Waals surface area contributed by atoms with Gasteiger partial charge in [-0.15, -0.1) is 0 Å². The highest BCUT2D eigenvalue weighted by atomic mass is 14.8. The molecule has 0 amide bonds. The van der Waals surface area contributed by atoms with Gasteiger partial charge in [0.2, 0.25) is 0 Å². The molecule has 9 rings (SSSR count). The van der Waals surface area contributed by atoms with Gasteiger partial charge in [0.1, 0.15) is 0 Å². The van der Waals surface area contributed by atoms with E-state index in [1.165, 1.54) is 0 Å². The average Bonchev–Trinajstić information content (AvgIpc) is 3.69. The van der Waals surface area contributed by atoms with E-state index in [0.29, 0.717) is 0 Å². The van der Waals surface area contributed by atoms with Crippen LogP contribution >= 0.6 is 0 Å². The predicted molar refractivity (Wildman–Crippen MR) is 182 cm³/mol. The molecule has 5 nitrogen and oxygen atoms in total. The van der Waals surface area contributed by atoms with E-state index in [2.05, 4.69) is 119 Å². The molecule has 0 saturated carbocycles. The highest BCUT2D eigenvalue weighted by Gasteiger charge is 2.16. The fourth-order valence-corrected chi connectivity index (χ4v) is 6.30. The Morgan fingerprint density at radius 1 is 0.318 bits per heavy atom. The van der Waals surface area contributed by atoms with Gasteiger partial charge in [0, 0.05) is 54.7 Å². The van der Waals surface area contributed by atoms with Crippen LogP contribution in [-0.4, -0.2) is 24.9 Å². The van der Waals surface area contributed by atoms with Crippen molar-refractivity contribution in [3.05, 3.63) is 140 Å². The van der Waals surface area contributed by atoms with Crippen LogP contribution in [0, 0.1) is 0 Å². The molecule has 0 fully saturated rings. The molecule has 206 valence electrons. The zero-order valence-electron chi connectivity index (χ0n) is 23.6. The standard InChI is InChI=1S/C39H25N5/c1-2-14-29-28(13-1)34-19-24-9-7-11-26(40-24)21-36-30-15-3-5-17-32(30)38(43-36)23-39-33-18-6-4-16-31(33)37(44-39)22-27-12-8-10-25(41-27)20-35(29)42-34/h1-23,42-43H. The Morgan fingerprint density at radius 2 is 0.682 bits per heavy atom. The number of aromatic amines is 2. The first-order chi connectivity index (χ1) is 21.7. The summed E-state index contributed by atoms with van der Waals surface area (Å²) in [5.41, 5.74) is 11.5. The molecule has 0 atom stereocenters. The van der Waals surface area contributed by atoms with E-state index in [0.717, 1.165) is 88.2 Å². The maximum Gasteiger partial charge on any atom is 0.0737 e. The topological polar surface area (TPSA) is 70.2 Å². The minimum Gasteiger partial charge on any atom is -0.354 e. The maximum atomic E-state index is 5.13. The molecular weight excluding hydrogens is 538 g/mol. The van der Waals surface area contributed by atoms with Gasteiger partial charge in [-0.25, -0.2) is 15.0 Å². The Labute approximate surface area is 252 Å². The number of rotatable bonds is 0. The Balaban J connectivity index is 1.46. The number of pyridine rings is 2. The normalized spacial score (nSPS) is 11.6. The van der Waals surface area contributed by atoms with Crippen molar-refractivity contribution in [2.45, 2.75) is 0 Å². The molecule has 6 heterocycles. The van der Waals surface area contributed by atoms with Gasteiger partial charge in [-0.3, -0.25) is 0 Å². The van der Waals surface area contributed by atoms with Crippen molar-refractivity contribution < 1.29 is 0 Å². The Bertz CT molecular complexity index is 2630. The number of fused-ring (bicyclic) bond motifs is 19. The molecule has 1 aliphatic rings. The van der Waals surface area contributed by atoms with Crippen LogP contribution in [0.4, 0.5) is 0 Å². The molecule has 0 radical (unpaired) electrons. The quantitative estimate of drug-likeness (QED) is 0.193. The lowest BCUT2D eigenvalue weighted by Gasteiger charge is -1.97. The van der Waals surface area contributed by atoms with E-state index in [1.807, 2.05) is 30.3 Å². The lowest BCUT2D eigenvalue weighted by molar-refractivity contribution is 1.40. The average molecular weight is 564 g/mol. The molecular formula is C39H25N5. The molecule has 0 aliphatic carbocycles. The minimum absolute atomic E-state index is 0.855. The van der Waals surface area contributed by atoms with Crippen molar-refractivity contribution in [1.82, 2.24) is 24.9 Å². The summed E-state index contributed by atoms with van der Waals surface area (Å²) in [7, 11) is 0. The lowest BCUT2D eigenvalue weighted by atomic mass is 10.0. The molecule has 0 unspecified atom stereocenters. The van der Waals surface area contributed by atoms with Gasteiger partial charge >= 0.3 is 0 Å². The van der Waals surface area contributed by atoms with E-state index in [-0.39, 0.29) is 0 Å². The van der Waals surface area contributed by atoms with E-state index in [9.17, 15) is 0 Å². The van der Waals surface area contributed by atoms with E-state index in [1.54, 1.807) is 0 Å². The third-order valence-electron chi connectivity index (χ3n) is 8.30. The fourth-order valence-electron chi connectivity index (χ4n) is 6.30. The second-order valence-electron chi connectivity index (χ2n) is 11.1. The van der Waals surface area contributed by atoms with Crippen LogP contribution in [0.15, 0.2) is 140 Å². The molecule has 10 bridgehead atoms. The molecule has 5 aromatic heterocycles. The van der Waals surface area contributed by atoms with Crippen molar-refractivity contribution in [2.24, 2.45) is 0 Å². The summed E-state index contributed by atoms with van der Waals surface area (Å²) in [4.78, 5) is 22.5. The first kappa shape index (κ1) is 24.5. The van der Waals surface area contributed by atoms with Gasteiger partial charge in [0.25, 0.3) is 0 Å². The van der Waals surface area contributed by atoms with E-state index in [4.69, 9.17) is 15.0 Å². The number of benzene rings is 3. The summed E-state index contributed by atoms with van der Waals surface area (Å²) in [6.45, 7) is 0. The summed E-state index contributed by atoms with van der Waals surface area (Å²) in [5, 5.41) is 4.55. The molecule has 5 heteroatoms. The van der Waals surface area contributed by atoms with Gasteiger partial charge in [-0.2, -0.15) is 0 Å². The number of nitrogens with one attached hydrogen (secondary N) is 2. The lowest BCUT2D eigenvalue weighted by Crippen LogP contribution is -1.77. The first-order valence-corrected chi connectivity index (χ1v) is 14.7. The highest BCUT2D eigenvalue weighted by molar-refractivity contribution is 6.09. The predicted octanol–water partition coefficient (Wildman–Crippen LogP) is 9.91. The van der Waals surface area contributed by atoms with Crippen molar-refractivity contribution in [2.75, 3.05) is 0 Å². The van der Waals surface area contributed by atoms with Crippen LogP contribution in [0.5, 0.6) is 0 Å². The smallest absolute Gasteiger partial charge is 0.0737 e. The summed E-state index contributed by atoms with van der Waals surface area (Å²) >= 11 is 0. The third kappa shape index (κ3) is 4.14. The molecule has 0 saturated heterocycles. The largest absolute Gasteiger partial charge is 0.354 e. The summed E-state index contributed by atoms with van der Waals surface area (Å²) in [6, 6.07) is 48.1. The molecule has 44 heavy (non-hydrogen) atoms.